The van der Waals surface area contributed by atoms with Crippen LogP contribution in [0.4, 0.5) is 5.69 Å². The first kappa shape index (κ1) is 12.8. The second-order valence-electron chi connectivity index (χ2n) is 3.08. The Balaban J connectivity index is 2.20. The number of pyridine rings is 1. The van der Waals surface area contributed by atoms with E-state index in [-0.39, 0.29) is 15.9 Å². The van der Waals surface area contributed by atoms with Gasteiger partial charge in [0, 0.05) is 12.3 Å². The fraction of sp³-hybridized carbons (Fsp3) is 0.222. The molecule has 0 aromatic carbocycles. The minimum atomic E-state index is -0.492. The first-order chi connectivity index (χ1) is 8.70. The fourth-order valence-electron chi connectivity index (χ4n) is 1.14. The van der Waals surface area contributed by atoms with Crippen molar-refractivity contribution in [3.05, 3.63) is 34.3 Å². The van der Waals surface area contributed by atoms with E-state index in [1.165, 1.54) is 18.3 Å². The van der Waals surface area contributed by atoms with Gasteiger partial charge in [-0.2, -0.15) is 11.8 Å². The number of aromatic nitrogens is 3. The highest BCUT2D eigenvalue weighted by molar-refractivity contribution is 7.99. The maximum absolute atomic E-state index is 10.8. The minimum absolute atomic E-state index is 0.0767. The number of nitro groups is 1. The Morgan fingerprint density at radius 3 is 3.06 bits per heavy atom. The molecule has 2 aromatic rings. The Kier molecular flexibility index (Phi) is 4.15. The lowest BCUT2D eigenvalue weighted by Gasteiger charge is -1.96. The van der Waals surface area contributed by atoms with Gasteiger partial charge in [0.2, 0.25) is 5.89 Å². The molecule has 0 saturated carbocycles. The van der Waals surface area contributed by atoms with E-state index in [1.807, 2.05) is 6.26 Å². The highest BCUT2D eigenvalue weighted by Gasteiger charge is 2.18. The van der Waals surface area contributed by atoms with Crippen molar-refractivity contribution in [2.24, 2.45) is 0 Å². The summed E-state index contributed by atoms with van der Waals surface area (Å²) in [5, 5.41) is 18.9. The lowest BCUT2D eigenvalue weighted by Crippen LogP contribution is -1.92. The van der Waals surface area contributed by atoms with E-state index in [0.717, 1.165) is 11.8 Å². The molecule has 0 aliphatic heterocycles. The van der Waals surface area contributed by atoms with Gasteiger partial charge < -0.3 is 4.42 Å². The maximum atomic E-state index is 10.8. The molecule has 7 nitrogen and oxygen atoms in total. The lowest BCUT2D eigenvalue weighted by molar-refractivity contribution is -0.388. The van der Waals surface area contributed by atoms with Crippen LogP contribution in [0.5, 0.6) is 0 Å². The smallest absolute Gasteiger partial charge is 0.301 e. The Bertz CT molecular complexity index is 560. The van der Waals surface area contributed by atoms with Crippen LogP contribution in [0.2, 0.25) is 0 Å². The van der Waals surface area contributed by atoms with Gasteiger partial charge in [-0.15, -0.1) is 10.2 Å². The minimum Gasteiger partial charge on any atom is -0.415 e. The van der Waals surface area contributed by atoms with Gasteiger partial charge in [0.05, 0.1) is 10.7 Å². The van der Waals surface area contributed by atoms with E-state index in [1.54, 1.807) is 11.8 Å². The van der Waals surface area contributed by atoms with Gasteiger partial charge in [-0.3, -0.25) is 10.1 Å². The van der Waals surface area contributed by atoms with E-state index >= 15 is 0 Å². The van der Waals surface area contributed by atoms with Crippen LogP contribution in [-0.2, 0) is 5.75 Å². The van der Waals surface area contributed by atoms with Crippen LogP contribution in [0.1, 0.15) is 5.89 Å². The number of rotatable bonds is 5. The molecule has 0 fully saturated rings. The number of hydrogen-bond acceptors (Lipinski definition) is 8. The molecule has 0 radical (unpaired) electrons. The Morgan fingerprint density at radius 2 is 2.33 bits per heavy atom. The van der Waals surface area contributed by atoms with Crippen molar-refractivity contribution in [2.45, 2.75) is 16.0 Å². The zero-order valence-electron chi connectivity index (χ0n) is 9.27. The molecule has 0 N–H and O–H groups in total. The summed E-state index contributed by atoms with van der Waals surface area (Å²) in [6, 6.07) is 2.89. The summed E-state index contributed by atoms with van der Waals surface area (Å²) < 4.78 is 5.32. The summed E-state index contributed by atoms with van der Waals surface area (Å²) in [5.41, 5.74) is -0.0767. The van der Waals surface area contributed by atoms with Crippen molar-refractivity contribution in [1.29, 1.82) is 0 Å². The van der Waals surface area contributed by atoms with Crippen molar-refractivity contribution in [1.82, 2.24) is 15.2 Å². The summed E-state index contributed by atoms with van der Waals surface area (Å²) in [4.78, 5) is 14.2. The van der Waals surface area contributed by atoms with Crippen molar-refractivity contribution >= 4 is 29.2 Å². The normalized spacial score (nSPS) is 10.5. The average Bonchev–Trinajstić information content (AvgIpc) is 2.77. The third kappa shape index (κ3) is 2.99. The molecule has 0 saturated heterocycles. The SMILES string of the molecule is CSCc1nnc(Sc2ncccc2[N+](=O)[O-])o1. The van der Waals surface area contributed by atoms with Crippen LogP contribution in [0.3, 0.4) is 0 Å². The standard InChI is InChI=1S/C9H8N4O3S2/c1-17-5-7-11-12-9(16-7)18-8-6(13(14)15)3-2-4-10-8/h2-4H,5H2,1H3. The predicted octanol–water partition coefficient (Wildman–Crippen LogP) is 2.39. The first-order valence-electron chi connectivity index (χ1n) is 4.79. The number of hydrogen-bond donors (Lipinski definition) is 0. The number of nitrogens with zero attached hydrogens (tertiary/aromatic N) is 4. The molecule has 0 spiro atoms. The third-order valence-corrected chi connectivity index (χ3v) is 3.23. The predicted molar refractivity (Wildman–Crippen MR) is 66.5 cm³/mol. The largest absolute Gasteiger partial charge is 0.415 e. The quantitative estimate of drug-likeness (QED) is 0.610. The molecule has 94 valence electrons. The third-order valence-electron chi connectivity index (χ3n) is 1.85. The molecule has 2 rings (SSSR count). The summed E-state index contributed by atoms with van der Waals surface area (Å²) >= 11 is 2.54. The molecule has 0 amide bonds. The van der Waals surface area contributed by atoms with Gasteiger partial charge in [0.15, 0.2) is 5.03 Å². The van der Waals surface area contributed by atoms with Gasteiger partial charge in [0.1, 0.15) is 0 Å². The molecule has 0 unspecified atom stereocenters. The zero-order chi connectivity index (χ0) is 13.0. The summed E-state index contributed by atoms with van der Waals surface area (Å²) in [5.74, 6) is 1.10. The monoisotopic (exact) mass is 284 g/mol. The van der Waals surface area contributed by atoms with Gasteiger partial charge in [0.25, 0.3) is 5.22 Å². The van der Waals surface area contributed by atoms with Gasteiger partial charge >= 0.3 is 5.69 Å². The topological polar surface area (TPSA) is 95.0 Å². The molecule has 0 aliphatic rings. The van der Waals surface area contributed by atoms with E-state index < -0.39 is 4.92 Å². The molecule has 2 aromatic heterocycles. The van der Waals surface area contributed by atoms with Gasteiger partial charge in [-0.25, -0.2) is 4.98 Å². The average molecular weight is 284 g/mol. The Labute approximate surface area is 111 Å². The summed E-state index contributed by atoms with van der Waals surface area (Å²) in [7, 11) is 0. The maximum Gasteiger partial charge on any atom is 0.301 e. The van der Waals surface area contributed by atoms with Crippen LogP contribution in [0, 0.1) is 10.1 Å². The zero-order valence-corrected chi connectivity index (χ0v) is 10.9. The Morgan fingerprint density at radius 1 is 1.50 bits per heavy atom. The molecule has 18 heavy (non-hydrogen) atoms. The van der Waals surface area contributed by atoms with Crippen LogP contribution in [0.15, 0.2) is 33.0 Å². The molecular weight excluding hydrogens is 276 g/mol. The number of thioether (sulfide) groups is 1. The van der Waals surface area contributed by atoms with Gasteiger partial charge in [-0.1, -0.05) is 0 Å². The van der Waals surface area contributed by atoms with E-state index in [9.17, 15) is 10.1 Å². The molecule has 0 aliphatic carbocycles. The van der Waals surface area contributed by atoms with Crippen LogP contribution < -0.4 is 0 Å². The Hall–Kier alpha value is -1.61. The molecule has 0 bridgehead atoms. The van der Waals surface area contributed by atoms with Crippen molar-refractivity contribution in [3.8, 4) is 0 Å². The molecule has 9 heteroatoms. The van der Waals surface area contributed by atoms with E-state index in [0.29, 0.717) is 11.6 Å². The lowest BCUT2D eigenvalue weighted by atomic mass is 10.4. The van der Waals surface area contributed by atoms with Crippen molar-refractivity contribution < 1.29 is 9.34 Å². The first-order valence-corrected chi connectivity index (χ1v) is 7.00. The van der Waals surface area contributed by atoms with E-state index in [2.05, 4.69) is 15.2 Å². The summed E-state index contributed by atoms with van der Waals surface area (Å²) in [6.45, 7) is 0. The van der Waals surface area contributed by atoms with Crippen LogP contribution in [-0.4, -0.2) is 26.4 Å². The van der Waals surface area contributed by atoms with Crippen LogP contribution in [0.25, 0.3) is 0 Å². The van der Waals surface area contributed by atoms with Crippen molar-refractivity contribution in [2.75, 3.05) is 6.26 Å². The highest BCUT2D eigenvalue weighted by Crippen LogP contribution is 2.31. The second-order valence-corrected chi connectivity index (χ2v) is 4.89. The fourth-order valence-corrected chi connectivity index (χ4v) is 2.25. The van der Waals surface area contributed by atoms with E-state index in [4.69, 9.17) is 4.42 Å². The summed E-state index contributed by atoms with van der Waals surface area (Å²) in [6.07, 6.45) is 3.40. The molecule has 2 heterocycles. The van der Waals surface area contributed by atoms with Crippen LogP contribution >= 0.6 is 23.5 Å². The molecule has 0 atom stereocenters. The molecular formula is C9H8N4O3S2. The van der Waals surface area contributed by atoms with Gasteiger partial charge in [-0.05, 0) is 24.1 Å². The highest BCUT2D eigenvalue weighted by atomic mass is 32.2. The van der Waals surface area contributed by atoms with Crippen molar-refractivity contribution in [3.63, 3.8) is 0 Å². The second kappa shape index (κ2) is 5.83.